The van der Waals surface area contributed by atoms with Crippen LogP contribution in [0.4, 0.5) is 0 Å². The minimum atomic E-state index is 0.102. The highest BCUT2D eigenvalue weighted by Crippen LogP contribution is 2.30. The topological polar surface area (TPSA) is 39.7 Å². The summed E-state index contributed by atoms with van der Waals surface area (Å²) in [5.74, 6) is 0.952. The van der Waals surface area contributed by atoms with Gasteiger partial charge in [0.05, 0.1) is 13.2 Å². The van der Waals surface area contributed by atoms with Crippen molar-refractivity contribution in [3.63, 3.8) is 0 Å². The summed E-state index contributed by atoms with van der Waals surface area (Å²) in [4.78, 5) is 0. The molecule has 0 heterocycles. The highest BCUT2D eigenvalue weighted by molar-refractivity contribution is 5.32. The number of nitrogens with one attached hydrogen (secondary N) is 1. The third-order valence-electron chi connectivity index (χ3n) is 3.69. The lowest BCUT2D eigenvalue weighted by Crippen LogP contribution is -2.61. The molecule has 2 rings (SSSR count). The molecule has 4 nitrogen and oxygen atoms in total. The van der Waals surface area contributed by atoms with E-state index in [1.165, 1.54) is 0 Å². The van der Waals surface area contributed by atoms with Gasteiger partial charge in [-0.3, -0.25) is 0 Å². The van der Waals surface area contributed by atoms with Gasteiger partial charge in [-0.1, -0.05) is 25.1 Å². The average Bonchev–Trinajstić information content (AvgIpc) is 2.44. The van der Waals surface area contributed by atoms with Crippen LogP contribution >= 0.6 is 0 Å². The van der Waals surface area contributed by atoms with Gasteiger partial charge in [-0.15, -0.1) is 0 Å². The Bertz CT molecular complexity index is 410. The molecule has 1 aromatic rings. The van der Waals surface area contributed by atoms with E-state index in [9.17, 15) is 0 Å². The van der Waals surface area contributed by atoms with Crippen molar-refractivity contribution in [2.45, 2.75) is 38.5 Å². The molecule has 0 aromatic heterocycles. The van der Waals surface area contributed by atoms with Crippen LogP contribution in [0.5, 0.6) is 5.75 Å². The van der Waals surface area contributed by atoms with Gasteiger partial charge < -0.3 is 19.5 Å². The smallest absolute Gasteiger partial charge is 0.128 e. The fourth-order valence-corrected chi connectivity index (χ4v) is 2.50. The molecule has 20 heavy (non-hydrogen) atoms. The molecule has 1 aromatic carbocycles. The highest BCUT2D eigenvalue weighted by Gasteiger charge is 2.43. The standard InChI is InChI=1S/C16H25NO3/c1-4-17-13-11-15(16(13)19-10-9-18-3)20-14-8-6-5-7-12(14)2/h5-8,13,15-17H,4,9-11H2,1-3H3. The second-order valence-electron chi connectivity index (χ2n) is 5.15. The van der Waals surface area contributed by atoms with Gasteiger partial charge in [0.25, 0.3) is 0 Å². The van der Waals surface area contributed by atoms with E-state index in [1.807, 2.05) is 18.2 Å². The van der Waals surface area contributed by atoms with Crippen molar-refractivity contribution in [3.05, 3.63) is 29.8 Å². The summed E-state index contributed by atoms with van der Waals surface area (Å²) in [7, 11) is 1.69. The number of methoxy groups -OCH3 is 1. The summed E-state index contributed by atoms with van der Waals surface area (Å²) in [5, 5.41) is 3.44. The first-order chi connectivity index (χ1) is 9.76. The first-order valence-corrected chi connectivity index (χ1v) is 7.32. The van der Waals surface area contributed by atoms with Crippen molar-refractivity contribution >= 4 is 0 Å². The number of hydrogen-bond acceptors (Lipinski definition) is 4. The van der Waals surface area contributed by atoms with Crippen LogP contribution in [0.25, 0.3) is 0 Å². The minimum Gasteiger partial charge on any atom is -0.487 e. The number of para-hydroxylation sites is 1. The number of hydrogen-bond donors (Lipinski definition) is 1. The molecule has 4 heteroatoms. The summed E-state index contributed by atoms with van der Waals surface area (Å²) in [6.07, 6.45) is 1.21. The zero-order valence-electron chi connectivity index (χ0n) is 12.6. The summed E-state index contributed by atoms with van der Waals surface area (Å²) in [6, 6.07) is 8.49. The van der Waals surface area contributed by atoms with Crippen LogP contribution < -0.4 is 10.1 Å². The zero-order chi connectivity index (χ0) is 14.4. The summed E-state index contributed by atoms with van der Waals surface area (Å²) in [6.45, 7) is 6.35. The van der Waals surface area contributed by atoms with E-state index in [-0.39, 0.29) is 12.2 Å². The van der Waals surface area contributed by atoms with Crippen molar-refractivity contribution in [2.75, 3.05) is 26.9 Å². The maximum absolute atomic E-state index is 6.10. The van der Waals surface area contributed by atoms with Crippen LogP contribution in [0.15, 0.2) is 24.3 Å². The number of rotatable bonds is 8. The average molecular weight is 279 g/mol. The van der Waals surface area contributed by atoms with Gasteiger partial charge in [-0.05, 0) is 25.1 Å². The Hall–Kier alpha value is -1.10. The predicted molar refractivity (Wildman–Crippen MR) is 79.3 cm³/mol. The molecule has 0 aliphatic heterocycles. The van der Waals surface area contributed by atoms with Crippen molar-refractivity contribution in [1.29, 1.82) is 0 Å². The van der Waals surface area contributed by atoms with Crippen molar-refractivity contribution in [3.8, 4) is 5.75 Å². The summed E-state index contributed by atoms with van der Waals surface area (Å²) in [5.41, 5.74) is 1.16. The zero-order valence-corrected chi connectivity index (χ0v) is 12.6. The second kappa shape index (κ2) is 7.62. The molecule has 0 saturated heterocycles. The van der Waals surface area contributed by atoms with E-state index >= 15 is 0 Å². The largest absolute Gasteiger partial charge is 0.487 e. The third kappa shape index (κ3) is 3.72. The maximum atomic E-state index is 6.10. The second-order valence-corrected chi connectivity index (χ2v) is 5.15. The predicted octanol–water partition coefficient (Wildman–Crippen LogP) is 2.16. The molecule has 1 aliphatic carbocycles. The molecule has 0 amide bonds. The molecule has 3 atom stereocenters. The van der Waals surface area contributed by atoms with E-state index < -0.39 is 0 Å². The number of likely N-dealkylation sites (N-methyl/N-ethyl adjacent to an activating group) is 1. The van der Waals surface area contributed by atoms with Crippen molar-refractivity contribution in [1.82, 2.24) is 5.32 Å². The van der Waals surface area contributed by atoms with Crippen LogP contribution in [0.2, 0.25) is 0 Å². The number of benzene rings is 1. The van der Waals surface area contributed by atoms with Gasteiger partial charge in [0.15, 0.2) is 0 Å². The first kappa shape index (κ1) is 15.3. The Labute approximate surface area is 121 Å². The van der Waals surface area contributed by atoms with Gasteiger partial charge in [-0.2, -0.15) is 0 Å². The molecule has 3 unspecified atom stereocenters. The van der Waals surface area contributed by atoms with Crippen molar-refractivity contribution in [2.24, 2.45) is 0 Å². The Morgan fingerprint density at radius 2 is 2.05 bits per heavy atom. The molecule has 0 spiro atoms. The normalized spacial score (nSPS) is 25.2. The Kier molecular flexibility index (Phi) is 5.83. The molecular formula is C16H25NO3. The minimum absolute atomic E-state index is 0.102. The lowest BCUT2D eigenvalue weighted by atomic mass is 9.85. The summed E-state index contributed by atoms with van der Waals surface area (Å²) >= 11 is 0. The first-order valence-electron chi connectivity index (χ1n) is 7.32. The molecule has 1 aliphatic rings. The quantitative estimate of drug-likeness (QED) is 0.740. The molecule has 112 valence electrons. The molecule has 1 fully saturated rings. The molecule has 1 saturated carbocycles. The SMILES string of the molecule is CCNC1CC(Oc2ccccc2C)C1OCCOC. The van der Waals surface area contributed by atoms with Crippen LogP contribution in [0.1, 0.15) is 18.9 Å². The van der Waals surface area contributed by atoms with E-state index in [0.29, 0.717) is 19.3 Å². The van der Waals surface area contributed by atoms with Crippen LogP contribution in [-0.4, -0.2) is 45.1 Å². The summed E-state index contributed by atoms with van der Waals surface area (Å²) < 4.78 is 17.0. The van der Waals surface area contributed by atoms with E-state index in [2.05, 4.69) is 25.2 Å². The lowest BCUT2D eigenvalue weighted by Gasteiger charge is -2.44. The van der Waals surface area contributed by atoms with Crippen LogP contribution in [0.3, 0.4) is 0 Å². The molecule has 0 radical (unpaired) electrons. The molecule has 1 N–H and O–H groups in total. The number of ether oxygens (including phenoxy) is 3. The fraction of sp³-hybridized carbons (Fsp3) is 0.625. The Morgan fingerprint density at radius 1 is 1.25 bits per heavy atom. The van der Waals surface area contributed by atoms with E-state index in [4.69, 9.17) is 14.2 Å². The van der Waals surface area contributed by atoms with Gasteiger partial charge in [0.1, 0.15) is 18.0 Å². The lowest BCUT2D eigenvalue weighted by molar-refractivity contribution is -0.115. The molecule has 0 bridgehead atoms. The number of aryl methyl sites for hydroxylation is 1. The van der Waals surface area contributed by atoms with Crippen LogP contribution in [0, 0.1) is 6.92 Å². The van der Waals surface area contributed by atoms with Gasteiger partial charge in [0, 0.05) is 19.6 Å². The van der Waals surface area contributed by atoms with E-state index in [0.717, 1.165) is 24.3 Å². The van der Waals surface area contributed by atoms with E-state index in [1.54, 1.807) is 7.11 Å². The maximum Gasteiger partial charge on any atom is 0.128 e. The van der Waals surface area contributed by atoms with Gasteiger partial charge in [0.2, 0.25) is 0 Å². The van der Waals surface area contributed by atoms with Gasteiger partial charge in [-0.25, -0.2) is 0 Å². The van der Waals surface area contributed by atoms with Crippen molar-refractivity contribution < 1.29 is 14.2 Å². The third-order valence-corrected chi connectivity index (χ3v) is 3.69. The monoisotopic (exact) mass is 279 g/mol. The van der Waals surface area contributed by atoms with Crippen LogP contribution in [-0.2, 0) is 9.47 Å². The Balaban J connectivity index is 1.91. The molecular weight excluding hydrogens is 254 g/mol. The highest BCUT2D eigenvalue weighted by atomic mass is 16.6. The fourth-order valence-electron chi connectivity index (χ4n) is 2.50. The Morgan fingerprint density at radius 3 is 2.75 bits per heavy atom. The van der Waals surface area contributed by atoms with Gasteiger partial charge >= 0.3 is 0 Å².